The number of ether oxygens (including phenoxy) is 1. The number of hydrogen-bond donors (Lipinski definition) is 0. The lowest BCUT2D eigenvalue weighted by atomic mass is 10.1. The average molecular weight is 528 g/mol. The Balaban J connectivity index is 1.73. The second-order valence-electron chi connectivity index (χ2n) is 7.38. The van der Waals surface area contributed by atoms with E-state index in [0.717, 1.165) is 14.8 Å². The summed E-state index contributed by atoms with van der Waals surface area (Å²) in [5, 5.41) is 0. The Kier molecular flexibility index (Phi) is 7.05. The number of rotatable bonds is 7. The fourth-order valence-electron chi connectivity index (χ4n) is 3.30. The highest BCUT2D eigenvalue weighted by atomic mass is 127. The monoisotopic (exact) mass is 528 g/mol. The van der Waals surface area contributed by atoms with Crippen molar-refractivity contribution in [3.8, 4) is 5.75 Å². The zero-order valence-corrected chi connectivity index (χ0v) is 19.5. The Morgan fingerprint density at radius 3 is 2.31 bits per heavy atom. The van der Waals surface area contributed by atoms with Crippen LogP contribution in [0.3, 0.4) is 0 Å². The minimum atomic E-state index is -3.10. The third-order valence-electron chi connectivity index (χ3n) is 4.95. The van der Waals surface area contributed by atoms with Crippen molar-refractivity contribution in [1.29, 1.82) is 0 Å². The molecule has 0 spiro atoms. The predicted octanol–water partition coefficient (Wildman–Crippen LogP) is 2.95. The van der Waals surface area contributed by atoms with E-state index in [9.17, 15) is 13.2 Å². The number of carbonyl (C=O) groups excluding carboxylic acids is 1. The quantitative estimate of drug-likeness (QED) is 0.518. The SMILES string of the molecule is CN(C)c1ccc(CN(C(=O)COc2ccc(I)cc2)C2CCS(=O)(=O)C2)cc1. The van der Waals surface area contributed by atoms with Crippen molar-refractivity contribution in [2.75, 3.05) is 37.1 Å². The van der Waals surface area contributed by atoms with Gasteiger partial charge in [0.1, 0.15) is 5.75 Å². The van der Waals surface area contributed by atoms with Crippen molar-refractivity contribution in [3.63, 3.8) is 0 Å². The van der Waals surface area contributed by atoms with Gasteiger partial charge < -0.3 is 14.5 Å². The lowest BCUT2D eigenvalue weighted by molar-refractivity contribution is -0.136. The van der Waals surface area contributed by atoms with Gasteiger partial charge in [-0.15, -0.1) is 0 Å². The van der Waals surface area contributed by atoms with Crippen LogP contribution in [0.15, 0.2) is 48.5 Å². The van der Waals surface area contributed by atoms with Crippen molar-refractivity contribution in [2.45, 2.75) is 19.0 Å². The molecule has 29 heavy (non-hydrogen) atoms. The molecule has 0 aliphatic carbocycles. The van der Waals surface area contributed by atoms with Crippen LogP contribution in [0.4, 0.5) is 5.69 Å². The number of carbonyl (C=O) groups is 1. The van der Waals surface area contributed by atoms with E-state index in [0.29, 0.717) is 18.7 Å². The molecule has 1 saturated heterocycles. The number of benzene rings is 2. The number of hydrogen-bond acceptors (Lipinski definition) is 5. The van der Waals surface area contributed by atoms with Crippen molar-refractivity contribution >= 4 is 44.0 Å². The molecule has 1 heterocycles. The van der Waals surface area contributed by atoms with Gasteiger partial charge in [-0.25, -0.2) is 8.42 Å². The smallest absolute Gasteiger partial charge is 0.261 e. The van der Waals surface area contributed by atoms with Gasteiger partial charge in [-0.3, -0.25) is 4.79 Å². The van der Waals surface area contributed by atoms with Gasteiger partial charge in [0.2, 0.25) is 0 Å². The van der Waals surface area contributed by atoms with E-state index in [1.165, 1.54) is 0 Å². The van der Waals surface area contributed by atoms with Crippen molar-refractivity contribution in [3.05, 3.63) is 57.7 Å². The summed E-state index contributed by atoms with van der Waals surface area (Å²) in [5.74, 6) is 0.548. The molecule has 1 atom stereocenters. The first-order valence-electron chi connectivity index (χ1n) is 9.38. The molecule has 2 aromatic rings. The van der Waals surface area contributed by atoms with E-state index in [1.54, 1.807) is 4.90 Å². The van der Waals surface area contributed by atoms with Crippen molar-refractivity contribution in [1.82, 2.24) is 4.90 Å². The summed E-state index contributed by atoms with van der Waals surface area (Å²) in [5.41, 5.74) is 2.03. The lowest BCUT2D eigenvalue weighted by Gasteiger charge is -2.28. The Morgan fingerprint density at radius 2 is 1.76 bits per heavy atom. The van der Waals surface area contributed by atoms with Crippen LogP contribution in [0, 0.1) is 3.57 Å². The maximum Gasteiger partial charge on any atom is 0.261 e. The van der Waals surface area contributed by atoms with Crippen LogP contribution in [0.1, 0.15) is 12.0 Å². The van der Waals surface area contributed by atoms with Crippen LogP contribution >= 0.6 is 22.6 Å². The zero-order valence-electron chi connectivity index (χ0n) is 16.5. The normalized spacial score (nSPS) is 17.7. The summed E-state index contributed by atoms with van der Waals surface area (Å²) in [6.07, 6.45) is 0.466. The molecule has 8 heteroatoms. The minimum absolute atomic E-state index is 0.0120. The summed E-state index contributed by atoms with van der Waals surface area (Å²) >= 11 is 2.21. The van der Waals surface area contributed by atoms with E-state index in [2.05, 4.69) is 22.6 Å². The molecule has 1 aliphatic rings. The molecule has 1 aliphatic heterocycles. The molecule has 0 radical (unpaired) electrons. The summed E-state index contributed by atoms with van der Waals surface area (Å²) in [6, 6.07) is 15.1. The Morgan fingerprint density at radius 1 is 1.10 bits per heavy atom. The summed E-state index contributed by atoms with van der Waals surface area (Å²) in [4.78, 5) is 16.6. The number of nitrogens with zero attached hydrogens (tertiary/aromatic N) is 2. The summed E-state index contributed by atoms with van der Waals surface area (Å²) < 4.78 is 30.7. The largest absolute Gasteiger partial charge is 0.484 e. The van der Waals surface area contributed by atoms with E-state index >= 15 is 0 Å². The first-order chi connectivity index (χ1) is 13.7. The standard InChI is InChI=1S/C21H25IN2O4S/c1-23(2)18-7-3-16(4-8-18)13-24(19-11-12-29(26,27)15-19)21(25)14-28-20-9-5-17(22)6-10-20/h3-10,19H,11-15H2,1-2H3. The van der Waals surface area contributed by atoms with Crippen LogP contribution < -0.4 is 9.64 Å². The van der Waals surface area contributed by atoms with E-state index in [-0.39, 0.29) is 30.1 Å². The predicted molar refractivity (Wildman–Crippen MR) is 123 cm³/mol. The molecule has 156 valence electrons. The molecule has 1 amide bonds. The van der Waals surface area contributed by atoms with E-state index < -0.39 is 9.84 Å². The zero-order chi connectivity index (χ0) is 21.0. The van der Waals surface area contributed by atoms with Crippen LogP contribution in [0.25, 0.3) is 0 Å². The van der Waals surface area contributed by atoms with Crippen molar-refractivity contribution in [2.24, 2.45) is 0 Å². The topological polar surface area (TPSA) is 66.9 Å². The maximum absolute atomic E-state index is 13.0. The molecular formula is C21H25IN2O4S. The summed E-state index contributed by atoms with van der Waals surface area (Å²) in [7, 11) is 0.839. The molecule has 0 aromatic heterocycles. The highest BCUT2D eigenvalue weighted by molar-refractivity contribution is 14.1. The number of amides is 1. The van der Waals surface area contributed by atoms with Crippen LogP contribution in [-0.2, 0) is 21.2 Å². The molecule has 0 N–H and O–H groups in total. The van der Waals surface area contributed by atoms with Gasteiger partial charge in [0.15, 0.2) is 16.4 Å². The second-order valence-corrected chi connectivity index (χ2v) is 10.9. The van der Waals surface area contributed by atoms with Crippen LogP contribution in [0.5, 0.6) is 5.75 Å². The number of halogens is 1. The van der Waals surface area contributed by atoms with Crippen molar-refractivity contribution < 1.29 is 17.9 Å². The van der Waals surface area contributed by atoms with Gasteiger partial charge in [-0.1, -0.05) is 12.1 Å². The first kappa shape index (κ1) is 21.9. The van der Waals surface area contributed by atoms with Gasteiger partial charge in [0.05, 0.1) is 11.5 Å². The third-order valence-corrected chi connectivity index (χ3v) is 7.42. The summed E-state index contributed by atoms with van der Waals surface area (Å²) in [6.45, 7) is 0.246. The van der Waals surface area contributed by atoms with Gasteiger partial charge in [-0.2, -0.15) is 0 Å². The van der Waals surface area contributed by atoms with Gasteiger partial charge in [-0.05, 0) is 71.0 Å². The average Bonchev–Trinajstić information content (AvgIpc) is 3.05. The molecule has 2 aromatic carbocycles. The molecule has 0 bridgehead atoms. The Hall–Kier alpha value is -1.81. The lowest BCUT2D eigenvalue weighted by Crippen LogP contribution is -2.43. The number of anilines is 1. The van der Waals surface area contributed by atoms with Gasteiger partial charge >= 0.3 is 0 Å². The van der Waals surface area contributed by atoms with Crippen LogP contribution in [0.2, 0.25) is 0 Å². The van der Waals surface area contributed by atoms with E-state index in [4.69, 9.17) is 4.74 Å². The molecular weight excluding hydrogens is 503 g/mol. The third kappa shape index (κ3) is 6.08. The molecule has 1 fully saturated rings. The molecule has 1 unspecified atom stereocenters. The van der Waals surface area contributed by atoms with E-state index in [1.807, 2.05) is 67.5 Å². The fourth-order valence-corrected chi connectivity index (χ4v) is 5.39. The fraction of sp³-hybridized carbons (Fsp3) is 0.381. The highest BCUT2D eigenvalue weighted by Crippen LogP contribution is 2.22. The van der Waals surface area contributed by atoms with Gasteiger partial charge in [0, 0.05) is 35.9 Å². The first-order valence-corrected chi connectivity index (χ1v) is 12.3. The maximum atomic E-state index is 13.0. The number of sulfone groups is 1. The molecule has 3 rings (SSSR count). The minimum Gasteiger partial charge on any atom is -0.484 e. The molecule has 0 saturated carbocycles. The Labute approximate surface area is 185 Å². The molecule has 6 nitrogen and oxygen atoms in total. The van der Waals surface area contributed by atoms with Gasteiger partial charge in [0.25, 0.3) is 5.91 Å². The second kappa shape index (κ2) is 9.34. The Bertz CT molecular complexity index is 944. The van der Waals surface area contributed by atoms with Crippen LogP contribution in [-0.4, -0.2) is 57.5 Å². The highest BCUT2D eigenvalue weighted by Gasteiger charge is 2.34.